The molecule has 0 saturated carbocycles. The fourth-order valence-electron chi connectivity index (χ4n) is 2.60. The van der Waals surface area contributed by atoms with Crippen LogP contribution in [0.5, 0.6) is 0 Å². The molecule has 0 saturated heterocycles. The largest absolute Gasteiger partial charge is 0.480 e. The molecule has 0 fully saturated rings. The summed E-state index contributed by atoms with van der Waals surface area (Å²) < 4.78 is 0. The Kier molecular flexibility index (Phi) is 5.70. The van der Waals surface area contributed by atoms with Crippen LogP contribution in [0.2, 0.25) is 0 Å². The van der Waals surface area contributed by atoms with E-state index < -0.39 is 12.0 Å². The molecule has 1 aromatic rings. The number of thioether (sulfide) groups is 1. The Morgan fingerprint density at radius 1 is 1.57 bits per heavy atom. The van der Waals surface area contributed by atoms with Crippen LogP contribution >= 0.6 is 23.1 Å². The van der Waals surface area contributed by atoms with Crippen molar-refractivity contribution in [3.05, 3.63) is 21.4 Å². The molecule has 1 unspecified atom stereocenters. The zero-order valence-electron chi connectivity index (χ0n) is 12.3. The topological polar surface area (TPSA) is 66.4 Å². The van der Waals surface area contributed by atoms with Gasteiger partial charge in [0.1, 0.15) is 6.04 Å². The Hall–Kier alpha value is -1.01. The molecule has 1 amide bonds. The molecular formula is C15H21NO3S2. The lowest BCUT2D eigenvalue weighted by atomic mass is 9.88. The van der Waals surface area contributed by atoms with Crippen LogP contribution in [0.15, 0.2) is 5.38 Å². The maximum absolute atomic E-state index is 12.4. The molecule has 0 radical (unpaired) electrons. The minimum absolute atomic E-state index is 0.240. The number of rotatable bonds is 6. The van der Waals surface area contributed by atoms with Gasteiger partial charge < -0.3 is 10.4 Å². The van der Waals surface area contributed by atoms with Crippen molar-refractivity contribution in [1.82, 2.24) is 5.32 Å². The molecule has 116 valence electrons. The van der Waals surface area contributed by atoms with E-state index in [2.05, 4.69) is 12.2 Å². The van der Waals surface area contributed by atoms with Crippen molar-refractivity contribution in [3.8, 4) is 0 Å². The van der Waals surface area contributed by atoms with E-state index in [4.69, 9.17) is 0 Å². The number of amides is 1. The van der Waals surface area contributed by atoms with E-state index in [1.54, 1.807) is 23.1 Å². The molecule has 2 atom stereocenters. The second kappa shape index (κ2) is 7.31. The molecular weight excluding hydrogens is 306 g/mol. The van der Waals surface area contributed by atoms with Gasteiger partial charge in [-0.3, -0.25) is 4.79 Å². The fraction of sp³-hybridized carbons (Fsp3) is 0.600. The molecule has 1 aliphatic carbocycles. The van der Waals surface area contributed by atoms with Gasteiger partial charge in [-0.15, -0.1) is 11.3 Å². The number of hydrogen-bond acceptors (Lipinski definition) is 4. The zero-order valence-corrected chi connectivity index (χ0v) is 14.0. The van der Waals surface area contributed by atoms with Crippen LogP contribution in [-0.2, 0) is 17.6 Å². The highest BCUT2D eigenvalue weighted by molar-refractivity contribution is 7.98. The van der Waals surface area contributed by atoms with Crippen molar-refractivity contribution in [1.29, 1.82) is 0 Å². The van der Waals surface area contributed by atoms with E-state index in [0.29, 0.717) is 17.9 Å². The average molecular weight is 327 g/mol. The minimum Gasteiger partial charge on any atom is -0.480 e. The lowest BCUT2D eigenvalue weighted by Crippen LogP contribution is -2.41. The number of aliphatic carboxylic acids is 1. The molecule has 2 N–H and O–H groups in total. The van der Waals surface area contributed by atoms with Crippen molar-refractivity contribution < 1.29 is 14.7 Å². The Morgan fingerprint density at radius 3 is 3.00 bits per heavy atom. The summed E-state index contributed by atoms with van der Waals surface area (Å²) in [5.74, 6) is 0.183. The highest BCUT2D eigenvalue weighted by Gasteiger charge is 2.26. The second-order valence-corrected chi connectivity index (χ2v) is 7.49. The third kappa shape index (κ3) is 4.01. The van der Waals surface area contributed by atoms with Gasteiger partial charge in [-0.2, -0.15) is 11.8 Å². The summed E-state index contributed by atoms with van der Waals surface area (Å²) in [7, 11) is 0. The van der Waals surface area contributed by atoms with E-state index >= 15 is 0 Å². The third-order valence-corrected chi connectivity index (χ3v) is 5.56. The molecule has 1 aromatic heterocycles. The SMILES string of the molecule is CSCC[C@H](NC(=O)c1csc2c1CCC(C)C2)C(=O)O. The number of carbonyl (C=O) groups is 2. The lowest BCUT2D eigenvalue weighted by Gasteiger charge is -2.19. The van der Waals surface area contributed by atoms with E-state index in [9.17, 15) is 14.7 Å². The maximum atomic E-state index is 12.4. The molecule has 0 aromatic carbocycles. The summed E-state index contributed by atoms with van der Waals surface area (Å²) in [5, 5.41) is 13.7. The van der Waals surface area contributed by atoms with Crippen LogP contribution in [0.1, 0.15) is 40.6 Å². The summed E-state index contributed by atoms with van der Waals surface area (Å²) in [4.78, 5) is 24.9. The van der Waals surface area contributed by atoms with Gasteiger partial charge in [0.2, 0.25) is 0 Å². The minimum atomic E-state index is -0.963. The predicted octanol–water partition coefficient (Wildman–Crippen LogP) is 2.81. The summed E-state index contributed by atoms with van der Waals surface area (Å²) in [6, 6.07) is -0.803. The number of fused-ring (bicyclic) bond motifs is 1. The van der Waals surface area contributed by atoms with Crippen molar-refractivity contribution >= 4 is 35.0 Å². The van der Waals surface area contributed by atoms with Crippen LogP contribution in [0, 0.1) is 5.92 Å². The molecule has 4 nitrogen and oxygen atoms in total. The molecule has 1 aliphatic rings. The Labute approximate surface area is 133 Å². The quantitative estimate of drug-likeness (QED) is 0.843. The Morgan fingerprint density at radius 2 is 2.33 bits per heavy atom. The monoisotopic (exact) mass is 327 g/mol. The van der Waals surface area contributed by atoms with E-state index in [-0.39, 0.29) is 5.91 Å². The molecule has 2 rings (SSSR count). The summed E-state index contributed by atoms with van der Waals surface area (Å²) in [6.07, 6.45) is 5.43. The number of carboxylic acid groups (broad SMARTS) is 1. The first-order valence-electron chi connectivity index (χ1n) is 7.14. The molecule has 0 aliphatic heterocycles. The third-order valence-electron chi connectivity index (χ3n) is 3.86. The van der Waals surface area contributed by atoms with Gasteiger partial charge in [-0.1, -0.05) is 6.92 Å². The van der Waals surface area contributed by atoms with Gasteiger partial charge >= 0.3 is 5.97 Å². The van der Waals surface area contributed by atoms with Gasteiger partial charge in [0, 0.05) is 10.3 Å². The van der Waals surface area contributed by atoms with Gasteiger partial charge in [0.25, 0.3) is 5.91 Å². The first kappa shape index (κ1) is 16.4. The molecule has 6 heteroatoms. The molecule has 21 heavy (non-hydrogen) atoms. The Balaban J connectivity index is 2.08. The first-order chi connectivity index (χ1) is 10.0. The number of carbonyl (C=O) groups excluding carboxylic acids is 1. The lowest BCUT2D eigenvalue weighted by molar-refractivity contribution is -0.139. The van der Waals surface area contributed by atoms with Gasteiger partial charge in [0.15, 0.2) is 0 Å². The van der Waals surface area contributed by atoms with Crippen molar-refractivity contribution in [2.75, 3.05) is 12.0 Å². The average Bonchev–Trinajstić information content (AvgIpc) is 2.85. The normalized spacial score (nSPS) is 18.9. The van der Waals surface area contributed by atoms with Gasteiger partial charge in [-0.25, -0.2) is 4.79 Å². The van der Waals surface area contributed by atoms with E-state index in [0.717, 1.165) is 30.6 Å². The van der Waals surface area contributed by atoms with Crippen LogP contribution in [0.4, 0.5) is 0 Å². The smallest absolute Gasteiger partial charge is 0.326 e. The van der Waals surface area contributed by atoms with E-state index in [1.165, 1.54) is 4.88 Å². The summed E-state index contributed by atoms with van der Waals surface area (Å²) in [5.41, 5.74) is 1.81. The zero-order chi connectivity index (χ0) is 15.4. The van der Waals surface area contributed by atoms with E-state index in [1.807, 2.05) is 11.6 Å². The molecule has 0 bridgehead atoms. The number of nitrogens with one attached hydrogen (secondary N) is 1. The van der Waals surface area contributed by atoms with Crippen molar-refractivity contribution in [2.45, 2.75) is 38.6 Å². The summed E-state index contributed by atoms with van der Waals surface area (Å²) in [6.45, 7) is 2.23. The molecule has 0 spiro atoms. The van der Waals surface area contributed by atoms with Crippen LogP contribution in [0.25, 0.3) is 0 Å². The van der Waals surface area contributed by atoms with Crippen LogP contribution in [0.3, 0.4) is 0 Å². The highest BCUT2D eigenvalue weighted by Crippen LogP contribution is 2.32. The predicted molar refractivity (Wildman–Crippen MR) is 87.4 cm³/mol. The number of thiophene rings is 1. The molecule has 1 heterocycles. The maximum Gasteiger partial charge on any atom is 0.326 e. The van der Waals surface area contributed by atoms with Gasteiger partial charge in [-0.05, 0) is 49.2 Å². The second-order valence-electron chi connectivity index (χ2n) is 5.54. The standard InChI is InChI=1S/C15H21NO3S2/c1-9-3-4-10-11(8-21-13(10)7-9)14(17)16-12(15(18)19)5-6-20-2/h8-9,12H,3-7H2,1-2H3,(H,16,17)(H,18,19)/t9?,12-/m0/s1. The van der Waals surface area contributed by atoms with Crippen molar-refractivity contribution in [2.24, 2.45) is 5.92 Å². The highest BCUT2D eigenvalue weighted by atomic mass is 32.2. The Bertz CT molecular complexity index is 527. The fourth-order valence-corrected chi connectivity index (χ4v) is 4.31. The van der Waals surface area contributed by atoms with Gasteiger partial charge in [0.05, 0.1) is 5.56 Å². The van der Waals surface area contributed by atoms with Crippen LogP contribution in [-0.4, -0.2) is 35.0 Å². The van der Waals surface area contributed by atoms with Crippen LogP contribution < -0.4 is 5.32 Å². The van der Waals surface area contributed by atoms with Crippen molar-refractivity contribution in [3.63, 3.8) is 0 Å². The first-order valence-corrected chi connectivity index (χ1v) is 9.42. The number of carboxylic acids is 1. The summed E-state index contributed by atoms with van der Waals surface area (Å²) >= 11 is 3.21. The number of hydrogen-bond donors (Lipinski definition) is 2.